The molecule has 0 heterocycles. The maximum atomic E-state index is 13.5. The average molecular weight is 281 g/mol. The van der Waals surface area contributed by atoms with Gasteiger partial charge < -0.3 is 4.74 Å². The van der Waals surface area contributed by atoms with Gasteiger partial charge in [-0.25, -0.2) is 17.9 Å². The Kier molecular flexibility index (Phi) is 3.55. The molecule has 19 heavy (non-hydrogen) atoms. The van der Waals surface area contributed by atoms with E-state index >= 15 is 0 Å². The van der Waals surface area contributed by atoms with Gasteiger partial charge in [0.05, 0.1) is 4.90 Å². The smallest absolute Gasteiger partial charge is 0.238 e. The number of ether oxygens (including phenoxy) is 1. The van der Waals surface area contributed by atoms with E-state index in [1.807, 2.05) is 6.92 Å². The number of aryl methyl sites for hydroxylation is 1. The van der Waals surface area contributed by atoms with Gasteiger partial charge in [-0.05, 0) is 48.9 Å². The van der Waals surface area contributed by atoms with Crippen molar-refractivity contribution in [2.75, 3.05) is 0 Å². The minimum absolute atomic E-state index is 0.0236. The molecule has 2 rings (SSSR count). The van der Waals surface area contributed by atoms with Crippen LogP contribution in [0, 0.1) is 12.7 Å². The van der Waals surface area contributed by atoms with Crippen LogP contribution < -0.4 is 9.88 Å². The third-order valence-electron chi connectivity index (χ3n) is 2.47. The van der Waals surface area contributed by atoms with Crippen LogP contribution in [0.15, 0.2) is 47.4 Å². The molecule has 0 bridgehead atoms. The summed E-state index contributed by atoms with van der Waals surface area (Å²) in [6, 6.07) is 9.94. The van der Waals surface area contributed by atoms with Crippen molar-refractivity contribution < 1.29 is 17.5 Å². The van der Waals surface area contributed by atoms with Crippen LogP contribution >= 0.6 is 0 Å². The highest BCUT2D eigenvalue weighted by molar-refractivity contribution is 7.89. The first kappa shape index (κ1) is 13.5. The number of halogens is 1. The molecule has 0 saturated carbocycles. The Morgan fingerprint density at radius 3 is 2.32 bits per heavy atom. The summed E-state index contributed by atoms with van der Waals surface area (Å²) >= 11 is 0. The first-order chi connectivity index (χ1) is 8.86. The summed E-state index contributed by atoms with van der Waals surface area (Å²) in [4.78, 5) is -0.0236. The van der Waals surface area contributed by atoms with Crippen molar-refractivity contribution in [3.63, 3.8) is 0 Å². The molecule has 6 heteroatoms. The van der Waals surface area contributed by atoms with Crippen molar-refractivity contribution in [1.29, 1.82) is 0 Å². The van der Waals surface area contributed by atoms with Crippen LogP contribution in [0.3, 0.4) is 0 Å². The van der Waals surface area contributed by atoms with Crippen LogP contribution in [-0.2, 0) is 10.0 Å². The number of rotatable bonds is 3. The first-order valence-corrected chi connectivity index (χ1v) is 6.98. The molecule has 0 spiro atoms. The zero-order valence-electron chi connectivity index (χ0n) is 10.1. The number of hydrogen-bond acceptors (Lipinski definition) is 3. The molecular formula is C13H12FNO3S. The fourth-order valence-corrected chi connectivity index (χ4v) is 2.03. The fourth-order valence-electron chi connectivity index (χ4n) is 1.51. The standard InChI is InChI=1S/C13H12FNO3S/c1-9-2-7-12(14)13(8-9)18-10-3-5-11(6-4-10)19(15,16)17/h2-8H,1H3,(H2,15,16,17). The van der Waals surface area contributed by atoms with Crippen LogP contribution in [0.4, 0.5) is 4.39 Å². The number of primary sulfonamides is 1. The third kappa shape index (κ3) is 3.30. The monoisotopic (exact) mass is 281 g/mol. The van der Waals surface area contributed by atoms with Crippen molar-refractivity contribution >= 4 is 10.0 Å². The molecule has 2 aromatic carbocycles. The lowest BCUT2D eigenvalue weighted by atomic mass is 10.2. The van der Waals surface area contributed by atoms with E-state index in [1.165, 1.54) is 30.3 Å². The summed E-state index contributed by atoms with van der Waals surface area (Å²) in [6.07, 6.45) is 0. The number of nitrogens with two attached hydrogens (primary N) is 1. The van der Waals surface area contributed by atoms with Crippen LogP contribution in [0.25, 0.3) is 0 Å². The molecule has 0 unspecified atom stereocenters. The summed E-state index contributed by atoms with van der Waals surface area (Å²) in [5.41, 5.74) is 0.859. The second kappa shape index (κ2) is 4.99. The summed E-state index contributed by atoms with van der Waals surface area (Å²) in [7, 11) is -3.74. The third-order valence-corrected chi connectivity index (χ3v) is 3.40. The molecule has 2 aromatic rings. The molecule has 0 saturated heterocycles. The molecule has 0 fully saturated rings. The summed E-state index contributed by atoms with van der Waals surface area (Å²) < 4.78 is 41.0. The molecule has 0 aromatic heterocycles. The van der Waals surface area contributed by atoms with Gasteiger partial charge in [0.2, 0.25) is 10.0 Å². The van der Waals surface area contributed by atoms with E-state index in [9.17, 15) is 12.8 Å². The van der Waals surface area contributed by atoms with Crippen molar-refractivity contribution in [3.05, 3.63) is 53.8 Å². The van der Waals surface area contributed by atoms with Crippen LogP contribution in [-0.4, -0.2) is 8.42 Å². The second-order valence-electron chi connectivity index (χ2n) is 4.05. The van der Waals surface area contributed by atoms with Gasteiger partial charge in [0.15, 0.2) is 11.6 Å². The highest BCUT2D eigenvalue weighted by Crippen LogP contribution is 2.26. The SMILES string of the molecule is Cc1ccc(F)c(Oc2ccc(S(N)(=O)=O)cc2)c1. The molecule has 0 radical (unpaired) electrons. The highest BCUT2D eigenvalue weighted by Gasteiger charge is 2.09. The lowest BCUT2D eigenvalue weighted by Crippen LogP contribution is -2.11. The van der Waals surface area contributed by atoms with Crippen molar-refractivity contribution in [1.82, 2.24) is 0 Å². The lowest BCUT2D eigenvalue weighted by Gasteiger charge is -2.08. The number of benzene rings is 2. The molecular weight excluding hydrogens is 269 g/mol. The van der Waals surface area contributed by atoms with E-state index in [-0.39, 0.29) is 10.6 Å². The van der Waals surface area contributed by atoms with Gasteiger partial charge in [-0.3, -0.25) is 0 Å². The minimum atomic E-state index is -3.74. The van der Waals surface area contributed by atoms with Crippen LogP contribution in [0.5, 0.6) is 11.5 Å². The normalized spacial score (nSPS) is 11.3. The lowest BCUT2D eigenvalue weighted by molar-refractivity contribution is 0.441. The summed E-state index contributed by atoms with van der Waals surface area (Å²) in [6.45, 7) is 1.82. The van der Waals surface area contributed by atoms with Gasteiger partial charge in [-0.2, -0.15) is 0 Å². The van der Waals surface area contributed by atoms with Crippen LogP contribution in [0.2, 0.25) is 0 Å². The van der Waals surface area contributed by atoms with Crippen molar-refractivity contribution in [3.8, 4) is 11.5 Å². The molecule has 2 N–H and O–H groups in total. The predicted molar refractivity (Wildman–Crippen MR) is 69.0 cm³/mol. The largest absolute Gasteiger partial charge is 0.454 e. The number of sulfonamides is 1. The molecule has 100 valence electrons. The van der Waals surface area contributed by atoms with E-state index in [4.69, 9.17) is 9.88 Å². The Morgan fingerprint density at radius 2 is 1.74 bits per heavy atom. The number of hydrogen-bond donors (Lipinski definition) is 1. The van der Waals surface area contributed by atoms with Crippen LogP contribution in [0.1, 0.15) is 5.56 Å². The Bertz CT molecular complexity index is 696. The fraction of sp³-hybridized carbons (Fsp3) is 0.0769. The quantitative estimate of drug-likeness (QED) is 0.940. The van der Waals surface area contributed by atoms with Gasteiger partial charge in [-0.15, -0.1) is 0 Å². The average Bonchev–Trinajstić information content (AvgIpc) is 2.33. The topological polar surface area (TPSA) is 69.4 Å². The summed E-state index contributed by atoms with van der Waals surface area (Å²) in [5, 5.41) is 4.97. The highest BCUT2D eigenvalue weighted by atomic mass is 32.2. The van der Waals surface area contributed by atoms with Gasteiger partial charge in [-0.1, -0.05) is 6.07 Å². The maximum absolute atomic E-state index is 13.5. The van der Waals surface area contributed by atoms with Gasteiger partial charge in [0.1, 0.15) is 5.75 Å². The molecule has 4 nitrogen and oxygen atoms in total. The first-order valence-electron chi connectivity index (χ1n) is 5.43. The summed E-state index contributed by atoms with van der Waals surface area (Å²) in [5.74, 6) is -0.0682. The van der Waals surface area contributed by atoms with E-state index < -0.39 is 15.8 Å². The van der Waals surface area contributed by atoms with E-state index in [0.717, 1.165) is 5.56 Å². The van der Waals surface area contributed by atoms with E-state index in [2.05, 4.69) is 0 Å². The predicted octanol–water partition coefficient (Wildman–Crippen LogP) is 2.57. The molecule has 0 atom stereocenters. The Hall–Kier alpha value is -1.92. The van der Waals surface area contributed by atoms with Gasteiger partial charge >= 0.3 is 0 Å². The molecule has 0 aliphatic carbocycles. The second-order valence-corrected chi connectivity index (χ2v) is 5.61. The minimum Gasteiger partial charge on any atom is -0.454 e. The van der Waals surface area contributed by atoms with E-state index in [0.29, 0.717) is 5.75 Å². The molecule has 0 amide bonds. The van der Waals surface area contributed by atoms with E-state index in [1.54, 1.807) is 12.1 Å². The van der Waals surface area contributed by atoms with Crippen molar-refractivity contribution in [2.45, 2.75) is 11.8 Å². The van der Waals surface area contributed by atoms with Crippen molar-refractivity contribution in [2.24, 2.45) is 5.14 Å². The maximum Gasteiger partial charge on any atom is 0.238 e. The van der Waals surface area contributed by atoms with Gasteiger partial charge in [0, 0.05) is 0 Å². The zero-order chi connectivity index (χ0) is 14.0. The Labute approximate surface area is 110 Å². The Morgan fingerprint density at radius 1 is 1.11 bits per heavy atom. The molecule has 0 aliphatic rings. The Balaban J connectivity index is 2.27. The zero-order valence-corrected chi connectivity index (χ0v) is 10.9. The molecule has 0 aliphatic heterocycles. The van der Waals surface area contributed by atoms with Gasteiger partial charge in [0.25, 0.3) is 0 Å².